The number of anilines is 1. The molecule has 3 rings (SSSR count). The number of benzene rings is 1. The third-order valence-corrected chi connectivity index (χ3v) is 3.77. The number of nitrogens with one attached hydrogen (secondary N) is 1. The van der Waals surface area contributed by atoms with Crippen molar-refractivity contribution in [2.24, 2.45) is 0 Å². The van der Waals surface area contributed by atoms with Crippen molar-refractivity contribution < 1.29 is 9.90 Å². The molecule has 3 aromatic rings. The van der Waals surface area contributed by atoms with E-state index in [1.165, 1.54) is 0 Å². The molecule has 0 saturated heterocycles. The Bertz CT molecular complexity index is 831. The molecule has 2 heterocycles. The number of nitrogens with zero attached hydrogens (tertiary/aromatic N) is 3. The molecule has 0 bridgehead atoms. The molecule has 0 aliphatic rings. The normalized spacial score (nSPS) is 11.9. The highest BCUT2D eigenvalue weighted by molar-refractivity contribution is 5.90. The monoisotopic (exact) mass is 336 g/mol. The SMILES string of the molecule is Cc1cc(NC(=O)CC(O)c2ccccc2)n(Cc2ccccn2)n1. The minimum Gasteiger partial charge on any atom is -0.388 e. The van der Waals surface area contributed by atoms with E-state index in [9.17, 15) is 9.90 Å². The first-order valence-electron chi connectivity index (χ1n) is 8.09. The van der Waals surface area contributed by atoms with Gasteiger partial charge in [-0.05, 0) is 24.6 Å². The molecule has 1 atom stereocenters. The molecule has 0 spiro atoms. The quantitative estimate of drug-likeness (QED) is 0.725. The summed E-state index contributed by atoms with van der Waals surface area (Å²) >= 11 is 0. The molecular weight excluding hydrogens is 316 g/mol. The lowest BCUT2D eigenvalue weighted by atomic mass is 10.1. The van der Waals surface area contributed by atoms with Gasteiger partial charge in [-0.25, -0.2) is 4.68 Å². The summed E-state index contributed by atoms with van der Waals surface area (Å²) in [6, 6.07) is 16.6. The molecule has 1 aromatic carbocycles. The Labute approximate surface area is 146 Å². The summed E-state index contributed by atoms with van der Waals surface area (Å²) < 4.78 is 1.70. The minimum absolute atomic E-state index is 0.0160. The fourth-order valence-corrected chi connectivity index (χ4v) is 2.57. The fourth-order valence-electron chi connectivity index (χ4n) is 2.57. The lowest BCUT2D eigenvalue weighted by Gasteiger charge is -2.12. The molecule has 6 heteroatoms. The van der Waals surface area contributed by atoms with Crippen molar-refractivity contribution >= 4 is 11.7 Å². The van der Waals surface area contributed by atoms with E-state index in [0.717, 1.165) is 17.0 Å². The van der Waals surface area contributed by atoms with Gasteiger partial charge in [0.15, 0.2) is 0 Å². The average molecular weight is 336 g/mol. The standard InChI is InChI=1S/C19H20N4O2/c1-14-11-18(23(22-14)13-16-9-5-6-10-20-16)21-19(25)12-17(24)15-7-3-2-4-8-15/h2-11,17,24H,12-13H2,1H3,(H,21,25). The fraction of sp³-hybridized carbons (Fsp3) is 0.211. The van der Waals surface area contributed by atoms with E-state index in [-0.39, 0.29) is 12.3 Å². The van der Waals surface area contributed by atoms with Crippen molar-refractivity contribution in [3.05, 3.63) is 77.7 Å². The van der Waals surface area contributed by atoms with Crippen LogP contribution in [-0.4, -0.2) is 25.8 Å². The molecule has 0 radical (unpaired) electrons. The van der Waals surface area contributed by atoms with Crippen LogP contribution < -0.4 is 5.32 Å². The minimum atomic E-state index is -0.838. The zero-order chi connectivity index (χ0) is 17.6. The number of hydrogen-bond donors (Lipinski definition) is 2. The molecule has 0 fully saturated rings. The van der Waals surface area contributed by atoms with Crippen LogP contribution in [-0.2, 0) is 11.3 Å². The van der Waals surface area contributed by atoms with Crippen molar-refractivity contribution in [2.45, 2.75) is 26.0 Å². The van der Waals surface area contributed by atoms with E-state index in [4.69, 9.17) is 0 Å². The zero-order valence-electron chi connectivity index (χ0n) is 14.0. The summed E-state index contributed by atoms with van der Waals surface area (Å²) in [4.78, 5) is 16.6. The topological polar surface area (TPSA) is 80.0 Å². The average Bonchev–Trinajstić information content (AvgIpc) is 2.95. The largest absolute Gasteiger partial charge is 0.388 e. The summed E-state index contributed by atoms with van der Waals surface area (Å²) in [7, 11) is 0. The number of amides is 1. The lowest BCUT2D eigenvalue weighted by molar-refractivity contribution is -0.118. The van der Waals surface area contributed by atoms with Gasteiger partial charge in [-0.1, -0.05) is 36.4 Å². The smallest absolute Gasteiger partial charge is 0.228 e. The first kappa shape index (κ1) is 16.9. The Hall–Kier alpha value is -2.99. The van der Waals surface area contributed by atoms with Crippen LogP contribution in [0, 0.1) is 6.92 Å². The molecule has 2 N–H and O–H groups in total. The van der Waals surface area contributed by atoms with E-state index in [2.05, 4.69) is 15.4 Å². The molecule has 2 aromatic heterocycles. The number of pyridine rings is 1. The molecule has 1 amide bonds. The van der Waals surface area contributed by atoms with Crippen molar-refractivity contribution in [1.29, 1.82) is 0 Å². The van der Waals surface area contributed by atoms with Gasteiger partial charge < -0.3 is 10.4 Å². The van der Waals surface area contributed by atoms with E-state index >= 15 is 0 Å². The molecular formula is C19H20N4O2. The summed E-state index contributed by atoms with van der Waals surface area (Å²) in [5.74, 6) is 0.326. The first-order chi connectivity index (χ1) is 12.1. The van der Waals surface area contributed by atoms with Crippen LogP contribution in [0.1, 0.15) is 29.5 Å². The van der Waals surface area contributed by atoms with Gasteiger partial charge >= 0.3 is 0 Å². The highest BCUT2D eigenvalue weighted by Gasteiger charge is 2.15. The summed E-state index contributed by atoms with van der Waals surface area (Å²) in [6.07, 6.45) is 0.868. The highest BCUT2D eigenvalue weighted by Crippen LogP contribution is 2.18. The van der Waals surface area contributed by atoms with Gasteiger partial charge in [-0.2, -0.15) is 5.10 Å². The Morgan fingerprint density at radius 1 is 1.20 bits per heavy atom. The number of aliphatic hydroxyl groups is 1. The van der Waals surface area contributed by atoms with Crippen LogP contribution in [0.4, 0.5) is 5.82 Å². The van der Waals surface area contributed by atoms with Crippen molar-refractivity contribution in [2.75, 3.05) is 5.32 Å². The summed E-state index contributed by atoms with van der Waals surface area (Å²) in [5.41, 5.74) is 2.37. The number of hydrogen-bond acceptors (Lipinski definition) is 4. The second kappa shape index (κ2) is 7.72. The van der Waals surface area contributed by atoms with Crippen LogP contribution in [0.2, 0.25) is 0 Å². The third-order valence-electron chi connectivity index (χ3n) is 3.77. The number of carbonyl (C=O) groups is 1. The van der Waals surface area contributed by atoms with Gasteiger partial charge in [-0.15, -0.1) is 0 Å². The van der Waals surface area contributed by atoms with E-state index in [1.54, 1.807) is 29.1 Å². The van der Waals surface area contributed by atoms with Gasteiger partial charge in [0.25, 0.3) is 0 Å². The molecule has 128 valence electrons. The number of aromatic nitrogens is 3. The van der Waals surface area contributed by atoms with Gasteiger partial charge in [0.1, 0.15) is 5.82 Å². The third kappa shape index (κ3) is 4.51. The lowest BCUT2D eigenvalue weighted by Crippen LogP contribution is -2.18. The number of aliphatic hydroxyl groups excluding tert-OH is 1. The van der Waals surface area contributed by atoms with Crippen LogP contribution >= 0.6 is 0 Å². The van der Waals surface area contributed by atoms with Crippen LogP contribution in [0.5, 0.6) is 0 Å². The summed E-state index contributed by atoms with van der Waals surface area (Å²) in [6.45, 7) is 2.33. The molecule has 6 nitrogen and oxygen atoms in total. The maximum absolute atomic E-state index is 12.3. The van der Waals surface area contributed by atoms with Crippen LogP contribution in [0.25, 0.3) is 0 Å². The first-order valence-corrected chi connectivity index (χ1v) is 8.09. The Morgan fingerprint density at radius 3 is 2.68 bits per heavy atom. The van der Waals surface area contributed by atoms with Crippen molar-refractivity contribution in [3.63, 3.8) is 0 Å². The highest BCUT2D eigenvalue weighted by atomic mass is 16.3. The Kier molecular flexibility index (Phi) is 5.20. The Morgan fingerprint density at radius 2 is 1.96 bits per heavy atom. The van der Waals surface area contributed by atoms with E-state index in [1.807, 2.05) is 43.3 Å². The second-order valence-corrected chi connectivity index (χ2v) is 5.83. The van der Waals surface area contributed by atoms with Crippen LogP contribution in [0.15, 0.2) is 60.8 Å². The van der Waals surface area contributed by atoms with E-state index < -0.39 is 6.10 Å². The predicted molar refractivity (Wildman–Crippen MR) is 95.0 cm³/mol. The van der Waals surface area contributed by atoms with Gasteiger partial charge in [-0.3, -0.25) is 9.78 Å². The zero-order valence-corrected chi connectivity index (χ0v) is 14.0. The van der Waals surface area contributed by atoms with Crippen LogP contribution in [0.3, 0.4) is 0 Å². The maximum atomic E-state index is 12.3. The van der Waals surface area contributed by atoms with Crippen molar-refractivity contribution in [1.82, 2.24) is 14.8 Å². The second-order valence-electron chi connectivity index (χ2n) is 5.83. The molecule has 0 aliphatic heterocycles. The number of rotatable bonds is 6. The molecule has 0 aliphatic carbocycles. The number of carbonyl (C=O) groups excluding carboxylic acids is 1. The molecule has 0 saturated carbocycles. The maximum Gasteiger partial charge on any atom is 0.228 e. The van der Waals surface area contributed by atoms with Gasteiger partial charge in [0, 0.05) is 12.3 Å². The molecule has 25 heavy (non-hydrogen) atoms. The molecule has 1 unspecified atom stereocenters. The van der Waals surface area contributed by atoms with Gasteiger partial charge in [0.05, 0.1) is 30.5 Å². The number of aryl methyl sites for hydroxylation is 1. The summed E-state index contributed by atoms with van der Waals surface area (Å²) in [5, 5.41) is 17.4. The Balaban J connectivity index is 1.67. The van der Waals surface area contributed by atoms with E-state index in [0.29, 0.717) is 12.4 Å². The van der Waals surface area contributed by atoms with Gasteiger partial charge in [0.2, 0.25) is 5.91 Å². The van der Waals surface area contributed by atoms with Crippen molar-refractivity contribution in [3.8, 4) is 0 Å². The predicted octanol–water partition coefficient (Wildman–Crippen LogP) is 2.70.